The summed E-state index contributed by atoms with van der Waals surface area (Å²) >= 11 is 15.1. The van der Waals surface area contributed by atoms with Crippen LogP contribution in [0.15, 0.2) is 40.9 Å². The first-order valence-corrected chi connectivity index (χ1v) is 7.33. The van der Waals surface area contributed by atoms with Gasteiger partial charge < -0.3 is 10.4 Å². The summed E-state index contributed by atoms with van der Waals surface area (Å²) in [5.74, 6) is -0.422. The lowest BCUT2D eigenvalue weighted by Crippen LogP contribution is -2.16. The molecule has 2 aromatic carbocycles. The zero-order valence-electron chi connectivity index (χ0n) is 10.2. The van der Waals surface area contributed by atoms with Crippen molar-refractivity contribution in [3.63, 3.8) is 0 Å². The molecule has 0 aromatic heterocycles. The maximum Gasteiger partial charge on any atom is 0.128 e. The normalized spacial score (nSPS) is 12.2. The molecule has 0 spiro atoms. The molecule has 2 N–H and O–H groups in total. The van der Waals surface area contributed by atoms with E-state index in [9.17, 15) is 9.50 Å². The van der Waals surface area contributed by atoms with Gasteiger partial charge in [0.1, 0.15) is 5.82 Å². The highest BCUT2D eigenvalue weighted by Crippen LogP contribution is 2.29. The molecule has 1 unspecified atom stereocenters. The Morgan fingerprint density at radius 1 is 1.20 bits per heavy atom. The topological polar surface area (TPSA) is 32.3 Å². The van der Waals surface area contributed by atoms with Gasteiger partial charge >= 0.3 is 0 Å². The molecule has 20 heavy (non-hydrogen) atoms. The minimum absolute atomic E-state index is 0.266. The van der Waals surface area contributed by atoms with Crippen molar-refractivity contribution in [1.82, 2.24) is 0 Å². The van der Waals surface area contributed by atoms with Crippen LogP contribution >= 0.6 is 39.1 Å². The summed E-state index contributed by atoms with van der Waals surface area (Å²) in [4.78, 5) is 0. The maximum atomic E-state index is 13.8. The van der Waals surface area contributed by atoms with E-state index >= 15 is 0 Å². The van der Waals surface area contributed by atoms with Crippen molar-refractivity contribution in [1.29, 1.82) is 0 Å². The fourth-order valence-electron chi connectivity index (χ4n) is 1.79. The van der Waals surface area contributed by atoms with Crippen LogP contribution < -0.4 is 5.32 Å². The monoisotopic (exact) mass is 377 g/mol. The van der Waals surface area contributed by atoms with Gasteiger partial charge in [-0.25, -0.2) is 4.39 Å². The first-order valence-electron chi connectivity index (χ1n) is 5.78. The highest BCUT2D eigenvalue weighted by molar-refractivity contribution is 9.10. The van der Waals surface area contributed by atoms with Crippen LogP contribution in [-0.4, -0.2) is 11.7 Å². The van der Waals surface area contributed by atoms with Crippen LogP contribution in [0.4, 0.5) is 10.1 Å². The quantitative estimate of drug-likeness (QED) is 0.780. The highest BCUT2D eigenvalue weighted by Gasteiger charge is 2.15. The molecule has 6 heteroatoms. The Kier molecular flexibility index (Phi) is 5.27. The van der Waals surface area contributed by atoms with Gasteiger partial charge in [0.25, 0.3) is 0 Å². The molecule has 0 fully saturated rings. The number of hydrogen-bond acceptors (Lipinski definition) is 2. The molecule has 0 saturated carbocycles. The number of anilines is 1. The predicted octanol–water partition coefficient (Wildman–Crippen LogP) is 5.04. The molecule has 0 aliphatic carbocycles. The van der Waals surface area contributed by atoms with Crippen LogP contribution in [0.3, 0.4) is 0 Å². The van der Waals surface area contributed by atoms with E-state index in [1.165, 1.54) is 18.2 Å². The summed E-state index contributed by atoms with van der Waals surface area (Å²) in [6, 6.07) is 8.85. The minimum Gasteiger partial charge on any atom is -0.394 e. The number of rotatable bonds is 4. The second kappa shape index (κ2) is 6.76. The zero-order valence-corrected chi connectivity index (χ0v) is 13.3. The van der Waals surface area contributed by atoms with Crippen LogP contribution in [0, 0.1) is 5.82 Å². The fourth-order valence-corrected chi connectivity index (χ4v) is 2.47. The fraction of sp³-hybridized carbons (Fsp3) is 0.143. The third-order valence-electron chi connectivity index (χ3n) is 2.78. The number of nitrogens with one attached hydrogen (secondary N) is 1. The van der Waals surface area contributed by atoms with E-state index in [0.717, 1.165) is 0 Å². The Balaban J connectivity index is 2.28. The van der Waals surface area contributed by atoms with Crippen LogP contribution in [0.25, 0.3) is 0 Å². The smallest absolute Gasteiger partial charge is 0.128 e. The van der Waals surface area contributed by atoms with Gasteiger partial charge in [0.05, 0.1) is 17.7 Å². The van der Waals surface area contributed by atoms with Crippen molar-refractivity contribution in [2.24, 2.45) is 0 Å². The van der Waals surface area contributed by atoms with Crippen molar-refractivity contribution in [3.8, 4) is 0 Å². The number of benzene rings is 2. The summed E-state index contributed by atoms with van der Waals surface area (Å²) < 4.78 is 14.5. The van der Waals surface area contributed by atoms with Gasteiger partial charge in [-0.2, -0.15) is 0 Å². The highest BCUT2D eigenvalue weighted by atomic mass is 79.9. The van der Waals surface area contributed by atoms with Crippen molar-refractivity contribution in [2.75, 3.05) is 11.9 Å². The molecular formula is C14H11BrCl2FNO. The summed E-state index contributed by atoms with van der Waals surface area (Å²) in [6.45, 7) is -0.266. The maximum absolute atomic E-state index is 13.8. The van der Waals surface area contributed by atoms with E-state index in [0.29, 0.717) is 25.8 Å². The Morgan fingerprint density at radius 3 is 2.60 bits per heavy atom. The van der Waals surface area contributed by atoms with E-state index in [-0.39, 0.29) is 6.61 Å². The molecule has 1 atom stereocenters. The second-order valence-corrected chi connectivity index (χ2v) is 5.87. The van der Waals surface area contributed by atoms with Crippen LogP contribution in [0.1, 0.15) is 11.6 Å². The molecule has 2 aromatic rings. The van der Waals surface area contributed by atoms with Gasteiger partial charge in [0.15, 0.2) is 0 Å². The molecule has 106 valence electrons. The second-order valence-electron chi connectivity index (χ2n) is 4.17. The average Bonchev–Trinajstić information content (AvgIpc) is 2.43. The molecule has 0 heterocycles. The summed E-state index contributed by atoms with van der Waals surface area (Å²) in [7, 11) is 0. The van der Waals surface area contributed by atoms with Crippen LogP contribution in [0.2, 0.25) is 10.0 Å². The molecule has 2 rings (SSSR count). The molecular weight excluding hydrogens is 368 g/mol. The Labute approximate surface area is 134 Å². The van der Waals surface area contributed by atoms with Gasteiger partial charge in [-0.15, -0.1) is 0 Å². The number of aliphatic hydroxyl groups is 1. The molecule has 0 aliphatic rings. The molecule has 0 bridgehead atoms. The van der Waals surface area contributed by atoms with Crippen molar-refractivity contribution in [2.45, 2.75) is 6.04 Å². The lowest BCUT2D eigenvalue weighted by molar-refractivity contribution is 0.274. The number of halogens is 4. The Morgan fingerprint density at radius 2 is 1.95 bits per heavy atom. The third kappa shape index (κ3) is 3.64. The van der Waals surface area contributed by atoms with Crippen molar-refractivity contribution in [3.05, 3.63) is 62.3 Å². The van der Waals surface area contributed by atoms with Gasteiger partial charge in [0.2, 0.25) is 0 Å². The molecule has 0 aliphatic heterocycles. The predicted molar refractivity (Wildman–Crippen MR) is 84.0 cm³/mol. The minimum atomic E-state index is -0.596. The van der Waals surface area contributed by atoms with E-state index in [2.05, 4.69) is 21.2 Å². The lowest BCUT2D eigenvalue weighted by Gasteiger charge is -2.19. The summed E-state index contributed by atoms with van der Waals surface area (Å²) in [5.41, 5.74) is 1.02. The first-order chi connectivity index (χ1) is 9.51. The molecule has 0 radical (unpaired) electrons. The van der Waals surface area contributed by atoms with Crippen molar-refractivity contribution < 1.29 is 9.50 Å². The first kappa shape index (κ1) is 15.6. The number of aliphatic hydroxyl groups excluding tert-OH is 1. The van der Waals surface area contributed by atoms with Crippen LogP contribution in [0.5, 0.6) is 0 Å². The Bertz CT molecular complexity index is 624. The standard InChI is InChI=1S/C14H11BrCl2FNO/c15-11-6-9(2-3-12(11)17)19-14(7-20)10-5-8(16)1-4-13(10)18/h1-6,14,19-20H,7H2. The van der Waals surface area contributed by atoms with Gasteiger partial charge in [0, 0.05) is 20.7 Å². The summed E-state index contributed by atoms with van der Waals surface area (Å²) in [6.07, 6.45) is 0. The van der Waals surface area contributed by atoms with Gasteiger partial charge in [-0.3, -0.25) is 0 Å². The molecule has 0 saturated heterocycles. The van der Waals surface area contributed by atoms with Gasteiger partial charge in [-0.05, 0) is 52.3 Å². The average molecular weight is 379 g/mol. The van der Waals surface area contributed by atoms with E-state index in [1.807, 2.05) is 0 Å². The largest absolute Gasteiger partial charge is 0.394 e. The SMILES string of the molecule is OCC(Nc1ccc(Cl)c(Br)c1)c1cc(Cl)ccc1F. The van der Waals surface area contributed by atoms with E-state index in [1.54, 1.807) is 18.2 Å². The third-order valence-corrected chi connectivity index (χ3v) is 4.23. The van der Waals surface area contributed by atoms with Crippen LogP contribution in [-0.2, 0) is 0 Å². The lowest BCUT2D eigenvalue weighted by atomic mass is 10.1. The number of hydrogen-bond donors (Lipinski definition) is 2. The summed E-state index contributed by atoms with van der Waals surface area (Å²) in [5, 5.41) is 13.5. The molecule has 0 amide bonds. The van der Waals surface area contributed by atoms with E-state index in [4.69, 9.17) is 23.2 Å². The van der Waals surface area contributed by atoms with Gasteiger partial charge in [-0.1, -0.05) is 23.2 Å². The zero-order chi connectivity index (χ0) is 14.7. The van der Waals surface area contributed by atoms with Crippen molar-refractivity contribution >= 4 is 44.8 Å². The van der Waals surface area contributed by atoms with E-state index < -0.39 is 11.9 Å². The Hall–Kier alpha value is -0.810. The molecule has 2 nitrogen and oxygen atoms in total.